The maximum absolute atomic E-state index is 5.47. The summed E-state index contributed by atoms with van der Waals surface area (Å²) in [7, 11) is 5.47. The van der Waals surface area contributed by atoms with Gasteiger partial charge >= 0.3 is 0 Å². The first-order chi connectivity index (χ1) is 9.41. The molecule has 108 valence electrons. The van der Waals surface area contributed by atoms with Gasteiger partial charge in [0.25, 0.3) is 0 Å². The van der Waals surface area contributed by atoms with Crippen LogP contribution in [0.3, 0.4) is 0 Å². The number of hydrogen-bond donors (Lipinski definition) is 0. The summed E-state index contributed by atoms with van der Waals surface area (Å²) in [4.78, 5) is 0. The van der Waals surface area contributed by atoms with Crippen molar-refractivity contribution in [3.05, 3.63) is 24.3 Å². The number of unbranched alkanes of at least 4 members (excludes halogenated alkanes) is 9. The average molecular weight is 260 g/mol. The molecule has 0 N–H and O–H groups in total. The van der Waals surface area contributed by atoms with E-state index < -0.39 is 0 Å². The first-order valence-corrected chi connectivity index (χ1v) is 8.42. The van der Waals surface area contributed by atoms with Gasteiger partial charge in [0.2, 0.25) is 0 Å². The average Bonchev–Trinajstić information content (AvgIpc) is 2.43. The van der Waals surface area contributed by atoms with E-state index in [4.69, 9.17) is 7.85 Å². The van der Waals surface area contributed by atoms with Crippen LogP contribution in [0.25, 0.3) is 0 Å². The fourth-order valence-electron chi connectivity index (χ4n) is 2.13. The molecule has 0 bridgehead atoms. The van der Waals surface area contributed by atoms with Gasteiger partial charge in [-0.1, -0.05) is 82.5 Å². The fraction of sp³-hybridized carbons (Fsp3) is 0.778. The van der Waals surface area contributed by atoms with Gasteiger partial charge in [-0.15, -0.1) is 0 Å². The maximum Gasteiger partial charge on any atom is 0.0653 e. The highest BCUT2D eigenvalue weighted by Gasteiger charge is 1.89. The molecule has 0 aliphatic rings. The van der Waals surface area contributed by atoms with Crippen molar-refractivity contribution in [3.8, 4) is 0 Å². The molecule has 0 amide bonds. The van der Waals surface area contributed by atoms with Crippen LogP contribution in [-0.2, 0) is 0 Å². The van der Waals surface area contributed by atoms with E-state index in [-0.39, 0.29) is 0 Å². The third-order valence-electron chi connectivity index (χ3n) is 3.40. The lowest BCUT2D eigenvalue weighted by Gasteiger charge is -1.98. The van der Waals surface area contributed by atoms with E-state index in [0.29, 0.717) is 0 Å². The second kappa shape index (κ2) is 17.5. The molecule has 19 heavy (non-hydrogen) atoms. The van der Waals surface area contributed by atoms with Crippen molar-refractivity contribution >= 4 is 7.85 Å². The van der Waals surface area contributed by atoms with Crippen molar-refractivity contribution in [2.45, 2.75) is 90.3 Å². The molecule has 0 unspecified atom stereocenters. The molecule has 0 aliphatic carbocycles. The summed E-state index contributed by atoms with van der Waals surface area (Å²) in [6.45, 7) is 2.25. The molecular weight excluding hydrogens is 227 g/mol. The van der Waals surface area contributed by atoms with Gasteiger partial charge in [0, 0.05) is 0 Å². The molecule has 0 nitrogen and oxygen atoms in total. The van der Waals surface area contributed by atoms with Gasteiger partial charge in [0.15, 0.2) is 0 Å². The van der Waals surface area contributed by atoms with E-state index in [9.17, 15) is 0 Å². The summed E-state index contributed by atoms with van der Waals surface area (Å²) in [5.74, 6) is 0. The van der Waals surface area contributed by atoms with Crippen LogP contribution >= 0.6 is 0 Å². The van der Waals surface area contributed by atoms with Gasteiger partial charge < -0.3 is 0 Å². The van der Waals surface area contributed by atoms with Crippen LogP contribution in [0.1, 0.15) is 84.0 Å². The predicted molar refractivity (Wildman–Crippen MR) is 89.9 cm³/mol. The number of allylic oxidation sites excluding steroid dienone is 4. The van der Waals surface area contributed by atoms with E-state index >= 15 is 0 Å². The highest BCUT2D eigenvalue weighted by molar-refractivity contribution is 6.08. The van der Waals surface area contributed by atoms with Crippen LogP contribution in [0, 0.1) is 0 Å². The van der Waals surface area contributed by atoms with Crippen LogP contribution < -0.4 is 0 Å². The first-order valence-electron chi connectivity index (χ1n) is 8.42. The molecule has 0 atom stereocenters. The lowest BCUT2D eigenvalue weighted by atomic mass is 9.98. The van der Waals surface area contributed by atoms with Gasteiger partial charge in [0.1, 0.15) is 0 Å². The lowest BCUT2D eigenvalue weighted by molar-refractivity contribution is 0.611. The lowest BCUT2D eigenvalue weighted by Crippen LogP contribution is -1.79. The number of rotatable bonds is 14. The quantitative estimate of drug-likeness (QED) is 0.193. The zero-order chi connectivity index (χ0) is 14.0. The second-order valence-electron chi connectivity index (χ2n) is 5.37. The zero-order valence-electron chi connectivity index (χ0n) is 13.1. The normalized spacial score (nSPS) is 11.8. The highest BCUT2D eigenvalue weighted by atomic mass is 13.9. The molecule has 0 heterocycles. The van der Waals surface area contributed by atoms with Crippen molar-refractivity contribution < 1.29 is 0 Å². The first kappa shape index (κ1) is 18.5. The van der Waals surface area contributed by atoms with E-state index in [1.807, 2.05) is 0 Å². The Hall–Kier alpha value is -0.455. The molecule has 0 saturated carbocycles. The fourth-order valence-corrected chi connectivity index (χ4v) is 2.13. The summed E-state index contributed by atoms with van der Waals surface area (Å²) < 4.78 is 0. The van der Waals surface area contributed by atoms with E-state index in [1.54, 1.807) is 0 Å². The van der Waals surface area contributed by atoms with Crippen molar-refractivity contribution in [2.24, 2.45) is 0 Å². The van der Waals surface area contributed by atoms with E-state index in [2.05, 4.69) is 31.2 Å². The standard InChI is InChI=1S/C18H33B/c1-2-3-4-5-6-7-8-9-10-11-12-13-14-15-16-17-18-19/h6-7,9-10H,2-5,8,11-18H2,1H3/b7-6-,10-9-. The third-order valence-corrected chi connectivity index (χ3v) is 3.40. The Balaban J connectivity index is 3.12. The monoisotopic (exact) mass is 260 g/mol. The minimum absolute atomic E-state index is 0.856. The molecule has 0 saturated heterocycles. The van der Waals surface area contributed by atoms with Crippen molar-refractivity contribution in [1.82, 2.24) is 0 Å². The molecule has 2 radical (unpaired) electrons. The van der Waals surface area contributed by atoms with Crippen LogP contribution in [0.2, 0.25) is 6.32 Å². The van der Waals surface area contributed by atoms with Crippen LogP contribution in [-0.4, -0.2) is 7.85 Å². The summed E-state index contributed by atoms with van der Waals surface area (Å²) >= 11 is 0. The van der Waals surface area contributed by atoms with Gasteiger partial charge in [0.05, 0.1) is 7.85 Å². The molecule has 0 aliphatic heterocycles. The Bertz CT molecular complexity index is 206. The van der Waals surface area contributed by atoms with Crippen molar-refractivity contribution in [3.63, 3.8) is 0 Å². The zero-order valence-corrected chi connectivity index (χ0v) is 13.1. The minimum atomic E-state index is 0.856. The summed E-state index contributed by atoms with van der Waals surface area (Å²) in [6.07, 6.45) is 25.8. The SMILES string of the molecule is [B]CCCCCCCC/C=C\C/C=C\CCCCC. The third kappa shape index (κ3) is 17.5. The highest BCUT2D eigenvalue weighted by Crippen LogP contribution is 2.08. The van der Waals surface area contributed by atoms with E-state index in [0.717, 1.165) is 12.7 Å². The smallest absolute Gasteiger partial charge is 0.0653 e. The largest absolute Gasteiger partial charge is 0.0887 e. The van der Waals surface area contributed by atoms with Crippen LogP contribution in [0.5, 0.6) is 0 Å². The molecule has 0 aromatic carbocycles. The number of hydrogen-bond acceptors (Lipinski definition) is 0. The predicted octanol–water partition coefficient (Wildman–Crippen LogP) is 6.39. The molecule has 0 aromatic rings. The molecule has 1 heteroatoms. The topological polar surface area (TPSA) is 0 Å². The summed E-state index contributed by atoms with van der Waals surface area (Å²) in [5, 5.41) is 0. The summed E-state index contributed by atoms with van der Waals surface area (Å²) in [5.41, 5.74) is 0. The molecule has 0 spiro atoms. The van der Waals surface area contributed by atoms with Gasteiger partial charge in [-0.3, -0.25) is 0 Å². The van der Waals surface area contributed by atoms with Crippen molar-refractivity contribution in [2.75, 3.05) is 0 Å². The Morgan fingerprint density at radius 3 is 1.74 bits per heavy atom. The minimum Gasteiger partial charge on any atom is -0.0887 e. The molecular formula is C18H33B. The summed E-state index contributed by atoms with van der Waals surface area (Å²) in [6, 6.07) is 0. The van der Waals surface area contributed by atoms with Crippen molar-refractivity contribution in [1.29, 1.82) is 0 Å². The maximum atomic E-state index is 5.47. The Morgan fingerprint density at radius 2 is 1.16 bits per heavy atom. The van der Waals surface area contributed by atoms with Gasteiger partial charge in [-0.25, -0.2) is 0 Å². The Morgan fingerprint density at radius 1 is 0.632 bits per heavy atom. The van der Waals surface area contributed by atoms with Crippen LogP contribution in [0.15, 0.2) is 24.3 Å². The Kier molecular flexibility index (Phi) is 17.1. The van der Waals surface area contributed by atoms with Gasteiger partial charge in [-0.05, 0) is 32.1 Å². The Labute approximate surface area is 123 Å². The molecule has 0 fully saturated rings. The molecule has 0 aromatic heterocycles. The molecule has 0 rings (SSSR count). The van der Waals surface area contributed by atoms with Gasteiger partial charge in [-0.2, -0.15) is 0 Å². The second-order valence-corrected chi connectivity index (χ2v) is 5.37. The van der Waals surface area contributed by atoms with Crippen LogP contribution in [0.4, 0.5) is 0 Å². The van der Waals surface area contributed by atoms with E-state index in [1.165, 1.54) is 70.6 Å².